The second kappa shape index (κ2) is 8.28. The van der Waals surface area contributed by atoms with Gasteiger partial charge >= 0.3 is 5.97 Å². The average molecular weight is 392 g/mol. The fourth-order valence-electron chi connectivity index (χ4n) is 3.74. The lowest BCUT2D eigenvalue weighted by Gasteiger charge is -2.35. The third kappa shape index (κ3) is 4.18. The maximum Gasteiger partial charge on any atom is 0.356 e. The van der Waals surface area contributed by atoms with Crippen LogP contribution < -0.4 is 10.2 Å². The third-order valence-electron chi connectivity index (χ3n) is 5.06. The molecule has 1 fully saturated rings. The van der Waals surface area contributed by atoms with Crippen molar-refractivity contribution in [2.75, 3.05) is 25.0 Å². The molecule has 0 unspecified atom stereocenters. The van der Waals surface area contributed by atoms with E-state index in [0.717, 1.165) is 4.90 Å². The monoisotopic (exact) mass is 392 g/mol. The number of rotatable bonds is 5. The zero-order chi connectivity index (χ0) is 20.4. The van der Waals surface area contributed by atoms with Crippen LogP contribution in [0.5, 0.6) is 0 Å². The van der Waals surface area contributed by atoms with E-state index in [9.17, 15) is 14.0 Å². The van der Waals surface area contributed by atoms with E-state index < -0.39 is 11.8 Å². The number of nitrogens with one attached hydrogen (secondary N) is 3. The SMILES string of the molecule is CCOC(=O)c1[nH]c2ccc(F)cc2c1NC(=O)[C@H](C)[NH+]1C[C@@H](C)O[C@H](C)C1. The molecule has 2 aromatic rings. The molecule has 1 aliphatic rings. The van der Waals surface area contributed by atoms with Gasteiger partial charge in [-0.25, -0.2) is 9.18 Å². The van der Waals surface area contributed by atoms with Crippen molar-refractivity contribution >= 4 is 28.5 Å². The average Bonchev–Trinajstić information content (AvgIpc) is 2.98. The number of benzene rings is 1. The van der Waals surface area contributed by atoms with E-state index in [2.05, 4.69) is 10.3 Å². The molecule has 1 amide bonds. The number of carbonyl (C=O) groups is 2. The van der Waals surface area contributed by atoms with Crippen LogP contribution in [-0.2, 0) is 14.3 Å². The van der Waals surface area contributed by atoms with Crippen LogP contribution in [-0.4, -0.2) is 54.8 Å². The molecule has 3 atom stereocenters. The molecule has 28 heavy (non-hydrogen) atoms. The van der Waals surface area contributed by atoms with Gasteiger partial charge in [0.2, 0.25) is 0 Å². The summed E-state index contributed by atoms with van der Waals surface area (Å²) in [4.78, 5) is 29.3. The summed E-state index contributed by atoms with van der Waals surface area (Å²) in [7, 11) is 0. The van der Waals surface area contributed by atoms with E-state index in [4.69, 9.17) is 9.47 Å². The van der Waals surface area contributed by atoms with Gasteiger partial charge < -0.3 is 24.7 Å². The number of amides is 1. The summed E-state index contributed by atoms with van der Waals surface area (Å²) in [5.74, 6) is -1.29. The number of morpholine rings is 1. The van der Waals surface area contributed by atoms with Gasteiger partial charge in [0.1, 0.15) is 36.8 Å². The highest BCUT2D eigenvalue weighted by Gasteiger charge is 2.34. The lowest BCUT2D eigenvalue weighted by Crippen LogP contribution is -3.19. The van der Waals surface area contributed by atoms with Gasteiger partial charge in [-0.3, -0.25) is 4.79 Å². The van der Waals surface area contributed by atoms with Gasteiger partial charge in [0.25, 0.3) is 5.91 Å². The standard InChI is InChI=1S/C20H26FN3O4/c1-5-27-20(26)18-17(15-8-14(21)6-7-16(15)22-18)23-19(25)13(4)24-9-11(2)28-12(3)10-24/h6-8,11-13,22H,5,9-10H2,1-4H3,(H,23,25)/p+1/t11-,12-,13+/m1/s1. The first-order valence-electron chi connectivity index (χ1n) is 9.59. The minimum atomic E-state index is -0.594. The lowest BCUT2D eigenvalue weighted by molar-refractivity contribution is -0.928. The van der Waals surface area contributed by atoms with E-state index in [-0.39, 0.29) is 42.1 Å². The predicted octanol–water partition coefficient (Wildman–Crippen LogP) is 1.50. The Morgan fingerprint density at radius 3 is 2.68 bits per heavy atom. The number of aromatic nitrogens is 1. The van der Waals surface area contributed by atoms with E-state index in [1.165, 1.54) is 18.2 Å². The summed E-state index contributed by atoms with van der Waals surface area (Å²) < 4.78 is 24.6. The minimum absolute atomic E-state index is 0.0614. The molecule has 1 saturated heterocycles. The van der Waals surface area contributed by atoms with Crippen molar-refractivity contribution in [2.45, 2.75) is 45.9 Å². The fourth-order valence-corrected chi connectivity index (χ4v) is 3.74. The van der Waals surface area contributed by atoms with E-state index in [1.807, 2.05) is 20.8 Å². The molecule has 0 spiro atoms. The number of anilines is 1. The highest BCUT2D eigenvalue weighted by Crippen LogP contribution is 2.29. The van der Waals surface area contributed by atoms with Crippen molar-refractivity contribution in [3.8, 4) is 0 Å². The van der Waals surface area contributed by atoms with E-state index in [1.54, 1.807) is 6.92 Å². The number of halogens is 1. The Bertz CT molecular complexity index is 872. The largest absolute Gasteiger partial charge is 0.461 e. The molecule has 1 aromatic heterocycles. The summed E-state index contributed by atoms with van der Waals surface area (Å²) in [6.45, 7) is 9.14. The summed E-state index contributed by atoms with van der Waals surface area (Å²) in [6.07, 6.45) is 0.123. The molecule has 1 aromatic carbocycles. The molecular formula is C20H27FN3O4+. The van der Waals surface area contributed by atoms with Gasteiger partial charge in [0.15, 0.2) is 6.04 Å². The van der Waals surface area contributed by atoms with Gasteiger partial charge in [-0.1, -0.05) is 0 Å². The molecule has 0 bridgehead atoms. The van der Waals surface area contributed by atoms with Gasteiger partial charge in [-0.05, 0) is 45.9 Å². The van der Waals surface area contributed by atoms with Gasteiger partial charge in [-0.15, -0.1) is 0 Å². The lowest BCUT2D eigenvalue weighted by atomic mass is 10.1. The number of hydrogen-bond acceptors (Lipinski definition) is 4. The van der Waals surface area contributed by atoms with Crippen LogP contribution >= 0.6 is 0 Å². The zero-order valence-electron chi connectivity index (χ0n) is 16.6. The molecule has 0 saturated carbocycles. The number of quaternary nitrogens is 1. The number of H-pyrrole nitrogens is 1. The van der Waals surface area contributed by atoms with E-state index in [0.29, 0.717) is 24.0 Å². The number of aromatic amines is 1. The Morgan fingerprint density at radius 1 is 1.36 bits per heavy atom. The number of carbonyl (C=O) groups excluding carboxylic acids is 2. The van der Waals surface area contributed by atoms with Crippen LogP contribution in [0, 0.1) is 5.82 Å². The minimum Gasteiger partial charge on any atom is -0.461 e. The Kier molecular flexibility index (Phi) is 6.00. The van der Waals surface area contributed by atoms with Crippen LogP contribution in [0.2, 0.25) is 0 Å². The normalized spacial score (nSPS) is 23.4. The smallest absolute Gasteiger partial charge is 0.356 e. The highest BCUT2D eigenvalue weighted by atomic mass is 19.1. The van der Waals surface area contributed by atoms with Gasteiger partial charge in [0, 0.05) is 10.9 Å². The Morgan fingerprint density at radius 2 is 2.04 bits per heavy atom. The zero-order valence-corrected chi connectivity index (χ0v) is 16.6. The van der Waals surface area contributed by atoms with Gasteiger partial charge in [0.05, 0.1) is 12.3 Å². The molecule has 8 heteroatoms. The van der Waals surface area contributed by atoms with Crippen molar-refractivity contribution in [3.05, 3.63) is 29.7 Å². The number of ether oxygens (including phenoxy) is 2. The Balaban J connectivity index is 1.89. The summed E-state index contributed by atoms with van der Waals surface area (Å²) in [5.41, 5.74) is 0.911. The van der Waals surface area contributed by atoms with Gasteiger partial charge in [-0.2, -0.15) is 0 Å². The van der Waals surface area contributed by atoms with Crippen molar-refractivity contribution in [1.82, 2.24) is 4.98 Å². The molecule has 0 radical (unpaired) electrons. The van der Waals surface area contributed by atoms with Crippen LogP contribution in [0.3, 0.4) is 0 Å². The predicted molar refractivity (Wildman–Crippen MR) is 103 cm³/mol. The molecular weight excluding hydrogens is 365 g/mol. The van der Waals surface area contributed by atoms with Crippen LogP contribution in [0.25, 0.3) is 10.9 Å². The third-order valence-corrected chi connectivity index (χ3v) is 5.06. The number of esters is 1. The molecule has 3 rings (SSSR count). The highest BCUT2D eigenvalue weighted by molar-refractivity contribution is 6.11. The quantitative estimate of drug-likeness (QED) is 0.674. The molecule has 0 aliphatic carbocycles. The first-order valence-corrected chi connectivity index (χ1v) is 9.59. The van der Waals surface area contributed by atoms with Crippen LogP contribution in [0.1, 0.15) is 38.2 Å². The molecule has 7 nitrogen and oxygen atoms in total. The van der Waals surface area contributed by atoms with Crippen LogP contribution in [0.4, 0.5) is 10.1 Å². The van der Waals surface area contributed by atoms with Crippen LogP contribution in [0.15, 0.2) is 18.2 Å². The second-order valence-corrected chi connectivity index (χ2v) is 7.32. The molecule has 1 aliphatic heterocycles. The summed E-state index contributed by atoms with van der Waals surface area (Å²) in [6, 6.07) is 3.76. The number of hydrogen-bond donors (Lipinski definition) is 3. The second-order valence-electron chi connectivity index (χ2n) is 7.32. The summed E-state index contributed by atoms with van der Waals surface area (Å²) >= 11 is 0. The molecule has 152 valence electrons. The first kappa shape index (κ1) is 20.3. The topological polar surface area (TPSA) is 84.9 Å². The fraction of sp³-hybridized carbons (Fsp3) is 0.500. The molecule has 2 heterocycles. The maximum atomic E-state index is 13.8. The first-order chi connectivity index (χ1) is 13.3. The van der Waals surface area contributed by atoms with E-state index >= 15 is 0 Å². The molecule has 3 N–H and O–H groups in total. The maximum absolute atomic E-state index is 13.8. The van der Waals surface area contributed by atoms with Crippen molar-refractivity contribution in [2.24, 2.45) is 0 Å². The Labute approximate surface area is 163 Å². The Hall–Kier alpha value is -2.45. The van der Waals surface area contributed by atoms with Crippen molar-refractivity contribution < 1.29 is 28.4 Å². The number of fused-ring (bicyclic) bond motifs is 1. The van der Waals surface area contributed by atoms with Crippen molar-refractivity contribution in [1.29, 1.82) is 0 Å². The summed E-state index contributed by atoms with van der Waals surface area (Å²) in [5, 5.41) is 3.26. The van der Waals surface area contributed by atoms with Crippen molar-refractivity contribution in [3.63, 3.8) is 0 Å².